The molecular formula is C28H27N3OS2. The van der Waals surface area contributed by atoms with Gasteiger partial charge in [0.2, 0.25) is 0 Å². The van der Waals surface area contributed by atoms with Crippen molar-refractivity contribution in [1.82, 2.24) is 4.98 Å². The third-order valence-corrected chi connectivity index (χ3v) is 9.37. The van der Waals surface area contributed by atoms with Crippen molar-refractivity contribution in [1.29, 1.82) is 0 Å². The summed E-state index contributed by atoms with van der Waals surface area (Å²) in [6.07, 6.45) is 3.16. The zero-order valence-electron chi connectivity index (χ0n) is 19.6. The van der Waals surface area contributed by atoms with Crippen molar-refractivity contribution in [2.45, 2.75) is 49.8 Å². The lowest BCUT2D eigenvalue weighted by molar-refractivity contribution is 0.100. The first-order chi connectivity index (χ1) is 16.3. The summed E-state index contributed by atoms with van der Waals surface area (Å²) in [6, 6.07) is 18.3. The molecule has 172 valence electrons. The standard InChI is InChI=1S/C28H27N3OS2/c1-28(2,3)17-12-13-19-16(14-17)15-18-24(29)25(34-26(18)30-19)27(32)31-20-8-4-6-10-22(20)33-23-11-7-5-9-21(23)31/h4-11,15,17H,12-14,29H2,1-3H3/t17-/m1/s1. The van der Waals surface area contributed by atoms with Gasteiger partial charge in [-0.2, -0.15) is 0 Å². The second-order valence-electron chi connectivity index (χ2n) is 10.3. The lowest BCUT2D eigenvalue weighted by Gasteiger charge is -2.34. The second kappa shape index (κ2) is 7.85. The number of anilines is 3. The molecule has 4 aromatic rings. The van der Waals surface area contributed by atoms with Crippen LogP contribution in [0.25, 0.3) is 10.2 Å². The molecule has 0 radical (unpaired) electrons. The Morgan fingerprint density at radius 3 is 2.35 bits per heavy atom. The molecule has 2 aromatic carbocycles. The molecule has 1 aliphatic carbocycles. The number of aryl methyl sites for hydroxylation is 1. The molecule has 0 fully saturated rings. The summed E-state index contributed by atoms with van der Waals surface area (Å²) in [5.74, 6) is 0.533. The van der Waals surface area contributed by atoms with Gasteiger partial charge in [0.1, 0.15) is 9.71 Å². The van der Waals surface area contributed by atoms with Crippen molar-refractivity contribution in [2.75, 3.05) is 10.6 Å². The fourth-order valence-electron chi connectivity index (χ4n) is 5.11. The lowest BCUT2D eigenvalue weighted by Crippen LogP contribution is -2.28. The van der Waals surface area contributed by atoms with E-state index in [4.69, 9.17) is 10.7 Å². The zero-order valence-corrected chi connectivity index (χ0v) is 21.2. The van der Waals surface area contributed by atoms with Crippen LogP contribution in [0.5, 0.6) is 0 Å². The molecule has 1 atom stereocenters. The number of rotatable bonds is 1. The van der Waals surface area contributed by atoms with Crippen LogP contribution in [0.2, 0.25) is 0 Å². The van der Waals surface area contributed by atoms with E-state index in [2.05, 4.69) is 39.0 Å². The number of pyridine rings is 1. The number of carbonyl (C=O) groups is 1. The van der Waals surface area contributed by atoms with Gasteiger partial charge in [0.15, 0.2) is 0 Å². The summed E-state index contributed by atoms with van der Waals surface area (Å²) in [6.45, 7) is 6.95. The fraction of sp³-hybridized carbons (Fsp3) is 0.286. The number of benzene rings is 2. The number of hydrogen-bond donors (Lipinski definition) is 1. The predicted octanol–water partition coefficient (Wildman–Crippen LogP) is 7.47. The molecule has 4 nitrogen and oxygen atoms in total. The van der Waals surface area contributed by atoms with Crippen LogP contribution in [-0.2, 0) is 12.8 Å². The maximum atomic E-state index is 14.0. The van der Waals surface area contributed by atoms with Crippen molar-refractivity contribution in [3.63, 3.8) is 0 Å². The minimum Gasteiger partial charge on any atom is -0.397 e. The summed E-state index contributed by atoms with van der Waals surface area (Å²) >= 11 is 3.11. The molecular weight excluding hydrogens is 458 g/mol. The van der Waals surface area contributed by atoms with E-state index < -0.39 is 0 Å². The van der Waals surface area contributed by atoms with Gasteiger partial charge in [0.25, 0.3) is 5.91 Å². The van der Waals surface area contributed by atoms with Gasteiger partial charge in [-0.1, -0.05) is 56.8 Å². The maximum absolute atomic E-state index is 14.0. The maximum Gasteiger partial charge on any atom is 0.275 e. The Kier molecular flexibility index (Phi) is 5.01. The van der Waals surface area contributed by atoms with Crippen LogP contribution in [0.3, 0.4) is 0 Å². The van der Waals surface area contributed by atoms with E-state index in [9.17, 15) is 4.79 Å². The number of hydrogen-bond acceptors (Lipinski definition) is 5. The van der Waals surface area contributed by atoms with Gasteiger partial charge in [0.05, 0.1) is 17.1 Å². The second-order valence-corrected chi connectivity index (χ2v) is 12.4. The van der Waals surface area contributed by atoms with Crippen LogP contribution in [0.15, 0.2) is 64.4 Å². The van der Waals surface area contributed by atoms with E-state index in [-0.39, 0.29) is 11.3 Å². The smallest absolute Gasteiger partial charge is 0.275 e. The summed E-state index contributed by atoms with van der Waals surface area (Å²) in [5, 5.41) is 0.912. The zero-order chi connectivity index (χ0) is 23.6. The minimum atomic E-state index is -0.0914. The topological polar surface area (TPSA) is 59.2 Å². The molecule has 6 heteroatoms. The highest BCUT2D eigenvalue weighted by Crippen LogP contribution is 2.49. The van der Waals surface area contributed by atoms with Crippen molar-refractivity contribution < 1.29 is 4.79 Å². The molecule has 3 heterocycles. The Morgan fingerprint density at radius 1 is 1.06 bits per heavy atom. The molecule has 0 saturated carbocycles. The predicted molar refractivity (Wildman–Crippen MR) is 142 cm³/mol. The number of para-hydroxylation sites is 2. The number of nitrogen functional groups attached to an aromatic ring is 1. The number of nitrogens with two attached hydrogens (primary N) is 1. The average Bonchev–Trinajstić information content (AvgIpc) is 3.15. The first kappa shape index (κ1) is 21.7. The molecule has 0 bridgehead atoms. The van der Waals surface area contributed by atoms with E-state index in [1.54, 1.807) is 11.8 Å². The van der Waals surface area contributed by atoms with Gasteiger partial charge in [-0.3, -0.25) is 9.69 Å². The SMILES string of the molecule is CC(C)(C)[C@@H]1CCc2nc3sc(C(=O)N4c5ccccc5Sc5ccccc54)c(N)c3cc2C1. The number of thiophene rings is 1. The highest BCUT2D eigenvalue weighted by molar-refractivity contribution is 7.99. The molecule has 2 N–H and O–H groups in total. The Morgan fingerprint density at radius 2 is 1.71 bits per heavy atom. The molecule has 34 heavy (non-hydrogen) atoms. The minimum absolute atomic E-state index is 0.0914. The Balaban J connectivity index is 1.45. The summed E-state index contributed by atoms with van der Waals surface area (Å²) < 4.78 is 0. The summed E-state index contributed by atoms with van der Waals surface area (Å²) in [5.41, 5.74) is 11.7. The number of amides is 1. The lowest BCUT2D eigenvalue weighted by atomic mass is 9.71. The van der Waals surface area contributed by atoms with Gasteiger partial charge < -0.3 is 5.73 Å². The van der Waals surface area contributed by atoms with Crippen LogP contribution >= 0.6 is 23.1 Å². The fourth-order valence-corrected chi connectivity index (χ4v) is 7.20. The van der Waals surface area contributed by atoms with E-state index in [0.717, 1.165) is 50.6 Å². The number of fused-ring (bicyclic) bond motifs is 4. The Hall–Kier alpha value is -2.83. The molecule has 0 unspecified atom stereocenters. The van der Waals surface area contributed by atoms with Crippen LogP contribution in [-0.4, -0.2) is 10.9 Å². The Bertz CT molecular complexity index is 1400. The number of aromatic nitrogens is 1. The normalized spacial score (nSPS) is 17.3. The van der Waals surface area contributed by atoms with Crippen LogP contribution in [0.4, 0.5) is 17.1 Å². The van der Waals surface area contributed by atoms with Gasteiger partial charge in [0, 0.05) is 20.9 Å². The molecule has 0 saturated heterocycles. The molecule has 1 amide bonds. The molecule has 0 spiro atoms. The highest BCUT2D eigenvalue weighted by atomic mass is 32.2. The summed E-state index contributed by atoms with van der Waals surface area (Å²) in [4.78, 5) is 24.4. The molecule has 2 aliphatic rings. The van der Waals surface area contributed by atoms with Gasteiger partial charge in [-0.15, -0.1) is 11.3 Å². The monoisotopic (exact) mass is 485 g/mol. The first-order valence-corrected chi connectivity index (χ1v) is 13.4. The average molecular weight is 486 g/mol. The van der Waals surface area contributed by atoms with Crippen LogP contribution < -0.4 is 10.6 Å². The van der Waals surface area contributed by atoms with Crippen LogP contribution in [0, 0.1) is 11.3 Å². The molecule has 6 rings (SSSR count). The highest BCUT2D eigenvalue weighted by Gasteiger charge is 2.33. The third-order valence-electron chi connectivity index (χ3n) is 7.14. The summed E-state index contributed by atoms with van der Waals surface area (Å²) in [7, 11) is 0. The quantitative estimate of drug-likeness (QED) is 0.304. The number of carbonyl (C=O) groups excluding carboxylic acids is 1. The molecule has 1 aliphatic heterocycles. The van der Waals surface area contributed by atoms with E-state index >= 15 is 0 Å². The van der Waals surface area contributed by atoms with Crippen molar-refractivity contribution >= 4 is 56.3 Å². The van der Waals surface area contributed by atoms with E-state index in [1.165, 1.54) is 22.6 Å². The van der Waals surface area contributed by atoms with Crippen molar-refractivity contribution in [3.8, 4) is 0 Å². The van der Waals surface area contributed by atoms with Crippen LogP contribution in [0.1, 0.15) is 48.1 Å². The van der Waals surface area contributed by atoms with Crippen molar-refractivity contribution in [3.05, 3.63) is 70.7 Å². The van der Waals surface area contributed by atoms with E-state index in [1.807, 2.05) is 41.3 Å². The largest absolute Gasteiger partial charge is 0.397 e. The van der Waals surface area contributed by atoms with Crippen molar-refractivity contribution in [2.24, 2.45) is 11.3 Å². The van der Waals surface area contributed by atoms with Gasteiger partial charge in [-0.25, -0.2) is 4.98 Å². The van der Waals surface area contributed by atoms with Gasteiger partial charge in [-0.05, 0) is 66.5 Å². The third kappa shape index (κ3) is 3.43. The van der Waals surface area contributed by atoms with E-state index in [0.29, 0.717) is 16.5 Å². The molecule has 2 aromatic heterocycles. The Labute approximate surface area is 208 Å². The van der Waals surface area contributed by atoms with Gasteiger partial charge >= 0.3 is 0 Å². The first-order valence-electron chi connectivity index (χ1n) is 11.7. The number of nitrogens with zero attached hydrogens (tertiary/aromatic N) is 2.